The average molecular weight is 368 g/mol. The molecule has 5 nitrogen and oxygen atoms in total. The highest BCUT2D eigenvalue weighted by molar-refractivity contribution is 5.79. The summed E-state index contributed by atoms with van der Waals surface area (Å²) in [5.41, 5.74) is 3.60. The van der Waals surface area contributed by atoms with Gasteiger partial charge in [0.25, 0.3) is 5.91 Å². The number of aromatic nitrogens is 3. The number of carbonyl (C=O) groups excluding carboxylic acids is 1. The largest absolute Gasteiger partial charge is 0.328 e. The number of hydrogen-bond acceptors (Lipinski definition) is 2. The lowest BCUT2D eigenvalue weighted by molar-refractivity contribution is -0.117. The van der Waals surface area contributed by atoms with Crippen LogP contribution in [0.2, 0.25) is 0 Å². The summed E-state index contributed by atoms with van der Waals surface area (Å²) in [7, 11) is 0. The van der Waals surface area contributed by atoms with Crippen LogP contribution in [0.25, 0.3) is 5.69 Å². The van der Waals surface area contributed by atoms with E-state index in [0.29, 0.717) is 12.0 Å². The van der Waals surface area contributed by atoms with Gasteiger partial charge in [-0.15, -0.1) is 0 Å². The third-order valence-electron chi connectivity index (χ3n) is 4.36. The second kappa shape index (κ2) is 8.31. The summed E-state index contributed by atoms with van der Waals surface area (Å²) < 4.78 is 3.74. The fourth-order valence-corrected chi connectivity index (χ4v) is 3.00. The van der Waals surface area contributed by atoms with Gasteiger partial charge in [-0.1, -0.05) is 54.6 Å². The highest BCUT2D eigenvalue weighted by Crippen LogP contribution is 2.08. The Bertz CT molecular complexity index is 1130. The maximum Gasteiger partial charge on any atom is 0.252 e. The first-order valence-corrected chi connectivity index (χ1v) is 9.14. The van der Waals surface area contributed by atoms with Crippen molar-refractivity contribution in [1.82, 2.24) is 14.3 Å². The molecule has 0 aliphatic rings. The summed E-state index contributed by atoms with van der Waals surface area (Å²) in [5.74, 6) is -0.194. The number of benzene rings is 2. The Morgan fingerprint density at radius 3 is 2.36 bits per heavy atom. The quantitative estimate of drug-likeness (QED) is 0.542. The van der Waals surface area contributed by atoms with Crippen LogP contribution in [0, 0.1) is 0 Å². The predicted octanol–water partition coefficient (Wildman–Crippen LogP) is 3.39. The zero-order valence-electron chi connectivity index (χ0n) is 15.3. The number of hydrogen-bond donors (Lipinski definition) is 0. The van der Waals surface area contributed by atoms with Crippen LogP contribution in [0.3, 0.4) is 0 Å². The molecule has 0 atom stereocenters. The van der Waals surface area contributed by atoms with Crippen LogP contribution in [0.15, 0.2) is 102 Å². The molecule has 0 saturated heterocycles. The maximum absolute atomic E-state index is 12.5. The van der Waals surface area contributed by atoms with E-state index in [0.717, 1.165) is 16.8 Å². The van der Waals surface area contributed by atoms with Crippen molar-refractivity contribution in [2.45, 2.75) is 13.0 Å². The molecule has 0 aliphatic heterocycles. The van der Waals surface area contributed by atoms with E-state index in [2.05, 4.69) is 22.2 Å². The Hall–Kier alpha value is -3.73. The standard InChI is InChI=1S/C23H20N4O/c28-23(15-20-16-24-27(18-20)21-11-5-2-6-12-21)25-22-13-7-8-14-26(22)17-19-9-3-1-4-10-19/h1-14,16,18H,15,17H2. The van der Waals surface area contributed by atoms with Crippen LogP contribution in [0.5, 0.6) is 0 Å². The van der Waals surface area contributed by atoms with Gasteiger partial charge in [-0.2, -0.15) is 10.1 Å². The van der Waals surface area contributed by atoms with Gasteiger partial charge in [-0.05, 0) is 35.4 Å². The smallest absolute Gasteiger partial charge is 0.252 e. The van der Waals surface area contributed by atoms with Gasteiger partial charge in [0.05, 0.1) is 18.3 Å². The first-order chi connectivity index (χ1) is 13.8. The molecule has 4 rings (SSSR count). The number of pyridine rings is 1. The van der Waals surface area contributed by atoms with Gasteiger partial charge >= 0.3 is 0 Å². The van der Waals surface area contributed by atoms with Crippen molar-refractivity contribution in [3.63, 3.8) is 0 Å². The highest BCUT2D eigenvalue weighted by atomic mass is 16.1. The van der Waals surface area contributed by atoms with Crippen LogP contribution in [0.4, 0.5) is 0 Å². The van der Waals surface area contributed by atoms with Gasteiger partial charge < -0.3 is 4.57 Å². The van der Waals surface area contributed by atoms with Crippen LogP contribution in [-0.2, 0) is 17.8 Å². The molecule has 2 heterocycles. The molecule has 2 aromatic carbocycles. The minimum Gasteiger partial charge on any atom is -0.328 e. The maximum atomic E-state index is 12.5. The lowest BCUT2D eigenvalue weighted by Crippen LogP contribution is -2.22. The molecule has 5 heteroatoms. The van der Waals surface area contributed by atoms with Crippen LogP contribution >= 0.6 is 0 Å². The van der Waals surface area contributed by atoms with E-state index in [4.69, 9.17) is 0 Å². The predicted molar refractivity (Wildman–Crippen MR) is 108 cm³/mol. The molecule has 0 N–H and O–H groups in total. The summed E-state index contributed by atoms with van der Waals surface area (Å²) in [5, 5.41) is 4.34. The van der Waals surface area contributed by atoms with E-state index in [9.17, 15) is 4.79 Å². The summed E-state index contributed by atoms with van der Waals surface area (Å²) in [6, 6.07) is 25.6. The summed E-state index contributed by atoms with van der Waals surface area (Å²) in [6.45, 7) is 0.666. The Morgan fingerprint density at radius 1 is 0.857 bits per heavy atom. The van der Waals surface area contributed by atoms with Gasteiger partial charge in [0.2, 0.25) is 0 Å². The van der Waals surface area contributed by atoms with Gasteiger partial charge in [0.1, 0.15) is 5.49 Å². The van der Waals surface area contributed by atoms with Crippen molar-refractivity contribution in [1.29, 1.82) is 0 Å². The molecule has 1 amide bonds. The third kappa shape index (κ3) is 4.32. The normalized spacial score (nSPS) is 11.5. The van der Waals surface area contributed by atoms with E-state index in [1.165, 1.54) is 0 Å². The average Bonchev–Trinajstić information content (AvgIpc) is 3.19. The van der Waals surface area contributed by atoms with Crippen molar-refractivity contribution >= 4 is 5.91 Å². The molecule has 2 aromatic heterocycles. The molecule has 0 fully saturated rings. The van der Waals surface area contributed by atoms with Crippen LogP contribution < -0.4 is 5.49 Å². The summed E-state index contributed by atoms with van der Waals surface area (Å²) >= 11 is 0. The fourth-order valence-electron chi connectivity index (χ4n) is 3.00. The molecule has 138 valence electrons. The second-order valence-electron chi connectivity index (χ2n) is 6.48. The summed E-state index contributed by atoms with van der Waals surface area (Å²) in [6.07, 6.45) is 5.73. The molecular formula is C23H20N4O. The van der Waals surface area contributed by atoms with Crippen molar-refractivity contribution in [2.24, 2.45) is 4.99 Å². The Morgan fingerprint density at radius 2 is 1.57 bits per heavy atom. The lowest BCUT2D eigenvalue weighted by atomic mass is 10.2. The Labute approximate surface area is 163 Å². The van der Waals surface area contributed by atoms with Crippen molar-refractivity contribution < 1.29 is 4.79 Å². The first kappa shape index (κ1) is 17.7. The van der Waals surface area contributed by atoms with Gasteiger partial charge in [-0.25, -0.2) is 4.68 Å². The molecule has 0 spiro atoms. The first-order valence-electron chi connectivity index (χ1n) is 9.14. The fraction of sp³-hybridized carbons (Fsp3) is 0.0870. The number of amides is 1. The van der Waals surface area contributed by atoms with E-state index < -0.39 is 0 Å². The number of carbonyl (C=O) groups is 1. The molecule has 0 aliphatic carbocycles. The molecule has 0 bridgehead atoms. The van der Waals surface area contributed by atoms with E-state index in [-0.39, 0.29) is 12.3 Å². The van der Waals surface area contributed by atoms with Crippen molar-refractivity contribution in [3.05, 3.63) is 114 Å². The van der Waals surface area contributed by atoms with E-state index in [1.807, 2.05) is 83.7 Å². The third-order valence-corrected chi connectivity index (χ3v) is 4.36. The number of rotatable bonds is 5. The molecule has 28 heavy (non-hydrogen) atoms. The Balaban J connectivity index is 1.52. The molecule has 0 unspecified atom stereocenters. The van der Waals surface area contributed by atoms with E-state index in [1.54, 1.807) is 10.9 Å². The van der Waals surface area contributed by atoms with Crippen LogP contribution in [0.1, 0.15) is 11.1 Å². The topological polar surface area (TPSA) is 52.2 Å². The van der Waals surface area contributed by atoms with Crippen LogP contribution in [-0.4, -0.2) is 20.3 Å². The monoisotopic (exact) mass is 368 g/mol. The van der Waals surface area contributed by atoms with Gasteiger partial charge in [0, 0.05) is 18.9 Å². The Kier molecular flexibility index (Phi) is 5.24. The van der Waals surface area contributed by atoms with Gasteiger partial charge in [-0.3, -0.25) is 4.79 Å². The minimum absolute atomic E-state index is 0.194. The zero-order valence-corrected chi connectivity index (χ0v) is 15.3. The number of para-hydroxylation sites is 1. The second-order valence-corrected chi connectivity index (χ2v) is 6.48. The highest BCUT2D eigenvalue weighted by Gasteiger charge is 2.06. The van der Waals surface area contributed by atoms with E-state index >= 15 is 0 Å². The molecule has 0 radical (unpaired) electrons. The van der Waals surface area contributed by atoms with Crippen molar-refractivity contribution in [2.75, 3.05) is 0 Å². The van der Waals surface area contributed by atoms with Gasteiger partial charge in [0.15, 0.2) is 0 Å². The van der Waals surface area contributed by atoms with Crippen molar-refractivity contribution in [3.8, 4) is 5.69 Å². The lowest BCUT2D eigenvalue weighted by Gasteiger charge is -2.07. The zero-order chi connectivity index (χ0) is 19.2. The number of nitrogens with zero attached hydrogens (tertiary/aromatic N) is 4. The molecular weight excluding hydrogens is 348 g/mol. The minimum atomic E-state index is -0.194. The molecule has 4 aromatic rings. The summed E-state index contributed by atoms with van der Waals surface area (Å²) in [4.78, 5) is 16.8. The SMILES string of the molecule is O=C(Cc1cnn(-c2ccccc2)c1)N=c1ccccn1Cc1ccccc1. The molecule has 0 saturated carbocycles.